The number of benzene rings is 1. The second-order valence-corrected chi connectivity index (χ2v) is 3.33. The number of aromatic hydroxyl groups is 2. The Kier molecular flexibility index (Phi) is 4.06. The lowest BCUT2D eigenvalue weighted by atomic mass is 10.0. The van der Waals surface area contributed by atoms with Gasteiger partial charge in [0.1, 0.15) is 17.1 Å². The molecule has 0 fully saturated rings. The van der Waals surface area contributed by atoms with Crippen molar-refractivity contribution in [2.75, 3.05) is 20.7 Å². The Labute approximate surface area is 97.8 Å². The van der Waals surface area contributed by atoms with Crippen molar-refractivity contribution in [3.05, 3.63) is 23.3 Å². The van der Waals surface area contributed by atoms with E-state index in [0.29, 0.717) is 0 Å². The quantitative estimate of drug-likeness (QED) is 0.516. The fourth-order valence-electron chi connectivity index (χ4n) is 1.33. The van der Waals surface area contributed by atoms with Crippen LogP contribution in [0.15, 0.2) is 12.1 Å². The molecule has 1 rings (SSSR count). The van der Waals surface area contributed by atoms with Crippen LogP contribution in [0.5, 0.6) is 11.5 Å². The molecule has 0 saturated heterocycles. The van der Waals surface area contributed by atoms with Crippen LogP contribution in [0.4, 0.5) is 0 Å². The summed E-state index contributed by atoms with van der Waals surface area (Å²) in [5, 5.41) is 21.6. The van der Waals surface area contributed by atoms with Crippen molar-refractivity contribution < 1.29 is 24.5 Å². The summed E-state index contributed by atoms with van der Waals surface area (Å²) in [5.74, 6) is -1.98. The zero-order valence-corrected chi connectivity index (χ0v) is 9.48. The van der Waals surface area contributed by atoms with E-state index in [-0.39, 0.29) is 23.4 Å². The highest BCUT2D eigenvalue weighted by molar-refractivity contribution is 6.03. The van der Waals surface area contributed by atoms with Crippen LogP contribution in [0.25, 0.3) is 0 Å². The third kappa shape index (κ3) is 2.73. The maximum atomic E-state index is 11.6. The van der Waals surface area contributed by atoms with E-state index in [1.165, 1.54) is 0 Å². The second-order valence-electron chi connectivity index (χ2n) is 3.33. The average Bonchev–Trinajstić information content (AvgIpc) is 2.28. The molecule has 0 spiro atoms. The summed E-state index contributed by atoms with van der Waals surface area (Å²) in [7, 11) is 2.74. The van der Waals surface area contributed by atoms with Crippen LogP contribution in [0.1, 0.15) is 20.7 Å². The fraction of sp³-hybridized carbons (Fsp3) is 0.273. The van der Waals surface area contributed by atoms with Gasteiger partial charge in [-0.3, -0.25) is 4.79 Å². The summed E-state index contributed by atoms with van der Waals surface area (Å²) in [6, 6.07) is 2.05. The minimum atomic E-state index is -0.777. The molecule has 6 nitrogen and oxygen atoms in total. The maximum Gasteiger partial charge on any atom is 0.341 e. The summed E-state index contributed by atoms with van der Waals surface area (Å²) in [6.45, 7) is 0.0128. The van der Waals surface area contributed by atoms with Crippen molar-refractivity contribution in [2.24, 2.45) is 0 Å². The Balaban J connectivity index is 3.23. The number of nitrogens with one attached hydrogen (secondary N) is 1. The highest BCUT2D eigenvalue weighted by atomic mass is 16.5. The Morgan fingerprint density at radius 2 is 1.82 bits per heavy atom. The van der Waals surface area contributed by atoms with E-state index in [1.54, 1.807) is 7.05 Å². The van der Waals surface area contributed by atoms with Gasteiger partial charge in [-0.05, 0) is 13.1 Å². The standard InChI is InChI=1S/C11H13NO5/c1-12-5-10(15)6-3-7(11(16)17-2)9(14)4-8(6)13/h3-4,12-14H,5H2,1-2H3. The fourth-order valence-corrected chi connectivity index (χ4v) is 1.33. The van der Waals surface area contributed by atoms with Gasteiger partial charge in [0.2, 0.25) is 0 Å². The maximum absolute atomic E-state index is 11.6. The van der Waals surface area contributed by atoms with Gasteiger partial charge >= 0.3 is 5.97 Å². The van der Waals surface area contributed by atoms with Crippen LogP contribution in [0, 0.1) is 0 Å². The van der Waals surface area contributed by atoms with Crippen LogP contribution in [0.3, 0.4) is 0 Å². The number of carbonyl (C=O) groups is 2. The van der Waals surface area contributed by atoms with E-state index >= 15 is 0 Å². The van der Waals surface area contributed by atoms with Crippen LogP contribution >= 0.6 is 0 Å². The zero-order valence-electron chi connectivity index (χ0n) is 9.48. The zero-order chi connectivity index (χ0) is 13.0. The molecule has 0 saturated carbocycles. The van der Waals surface area contributed by atoms with E-state index in [9.17, 15) is 19.8 Å². The van der Waals surface area contributed by atoms with E-state index in [0.717, 1.165) is 19.2 Å². The molecule has 0 aliphatic rings. The summed E-state index contributed by atoms with van der Waals surface area (Å²) in [6.07, 6.45) is 0. The molecule has 17 heavy (non-hydrogen) atoms. The number of phenols is 2. The third-order valence-electron chi connectivity index (χ3n) is 2.16. The normalized spacial score (nSPS) is 10.0. The molecular formula is C11H13NO5. The molecule has 0 unspecified atom stereocenters. The number of ketones is 1. The number of Topliss-reactive ketones (excluding diaryl/α,β-unsaturated/α-hetero) is 1. The molecule has 92 valence electrons. The predicted molar refractivity (Wildman–Crippen MR) is 59.4 cm³/mol. The number of carbonyl (C=O) groups excluding carboxylic acids is 2. The first-order chi connectivity index (χ1) is 8.01. The van der Waals surface area contributed by atoms with Gasteiger partial charge in [0.15, 0.2) is 5.78 Å². The van der Waals surface area contributed by atoms with Crippen LogP contribution < -0.4 is 5.32 Å². The van der Waals surface area contributed by atoms with Gasteiger partial charge < -0.3 is 20.3 Å². The molecule has 0 radical (unpaired) electrons. The van der Waals surface area contributed by atoms with Gasteiger partial charge in [-0.15, -0.1) is 0 Å². The van der Waals surface area contributed by atoms with E-state index in [2.05, 4.69) is 10.1 Å². The lowest BCUT2D eigenvalue weighted by Crippen LogP contribution is -2.19. The van der Waals surface area contributed by atoms with Crippen molar-refractivity contribution in [2.45, 2.75) is 0 Å². The number of hydrogen-bond donors (Lipinski definition) is 3. The smallest absolute Gasteiger partial charge is 0.341 e. The first kappa shape index (κ1) is 13.0. The minimum absolute atomic E-state index is 0.0128. The molecule has 0 bridgehead atoms. The number of likely N-dealkylation sites (N-methyl/N-ethyl adjacent to an activating group) is 1. The van der Waals surface area contributed by atoms with Crippen molar-refractivity contribution in [1.82, 2.24) is 5.32 Å². The molecular weight excluding hydrogens is 226 g/mol. The summed E-state index contributed by atoms with van der Waals surface area (Å²) >= 11 is 0. The largest absolute Gasteiger partial charge is 0.507 e. The predicted octanol–water partition coefficient (Wildman–Crippen LogP) is 0.287. The average molecular weight is 239 g/mol. The van der Waals surface area contributed by atoms with Crippen LogP contribution in [0.2, 0.25) is 0 Å². The van der Waals surface area contributed by atoms with E-state index in [4.69, 9.17) is 0 Å². The molecule has 0 atom stereocenters. The molecule has 0 aromatic heterocycles. The van der Waals surface area contributed by atoms with E-state index in [1.807, 2.05) is 0 Å². The first-order valence-corrected chi connectivity index (χ1v) is 4.83. The number of methoxy groups -OCH3 is 1. The molecule has 0 heterocycles. The summed E-state index contributed by atoms with van der Waals surface area (Å²) in [5.41, 5.74) is -0.206. The van der Waals surface area contributed by atoms with Crippen molar-refractivity contribution >= 4 is 11.8 Å². The highest BCUT2D eigenvalue weighted by Crippen LogP contribution is 2.28. The van der Waals surface area contributed by atoms with Crippen molar-refractivity contribution in [1.29, 1.82) is 0 Å². The number of rotatable bonds is 4. The lowest BCUT2D eigenvalue weighted by molar-refractivity contribution is 0.0597. The SMILES string of the molecule is CNCC(=O)c1cc(C(=O)OC)c(O)cc1O. The Bertz CT molecular complexity index is 455. The van der Waals surface area contributed by atoms with Gasteiger partial charge in [-0.2, -0.15) is 0 Å². The Morgan fingerprint density at radius 3 is 2.35 bits per heavy atom. The van der Waals surface area contributed by atoms with Gasteiger partial charge in [0.25, 0.3) is 0 Å². The number of phenolic OH excluding ortho intramolecular Hbond substituents is 2. The molecule has 0 amide bonds. The number of ether oxygens (including phenoxy) is 1. The third-order valence-corrected chi connectivity index (χ3v) is 2.16. The van der Waals surface area contributed by atoms with Gasteiger partial charge in [-0.1, -0.05) is 0 Å². The number of hydrogen-bond acceptors (Lipinski definition) is 6. The first-order valence-electron chi connectivity index (χ1n) is 4.83. The molecule has 0 aliphatic heterocycles. The molecule has 0 aliphatic carbocycles. The molecule has 1 aromatic carbocycles. The monoisotopic (exact) mass is 239 g/mol. The van der Waals surface area contributed by atoms with Crippen molar-refractivity contribution in [3.8, 4) is 11.5 Å². The molecule has 3 N–H and O–H groups in total. The Morgan fingerprint density at radius 1 is 1.24 bits per heavy atom. The summed E-state index contributed by atoms with van der Waals surface area (Å²) < 4.78 is 4.44. The second kappa shape index (κ2) is 5.31. The van der Waals surface area contributed by atoms with Gasteiger partial charge in [-0.25, -0.2) is 4.79 Å². The lowest BCUT2D eigenvalue weighted by Gasteiger charge is -2.08. The highest BCUT2D eigenvalue weighted by Gasteiger charge is 2.19. The number of esters is 1. The Hall–Kier alpha value is -2.08. The molecule has 1 aromatic rings. The van der Waals surface area contributed by atoms with Gasteiger partial charge in [0, 0.05) is 6.07 Å². The minimum Gasteiger partial charge on any atom is -0.507 e. The molecule has 6 heteroatoms. The van der Waals surface area contributed by atoms with E-state index < -0.39 is 17.5 Å². The van der Waals surface area contributed by atoms with Crippen LogP contribution in [-0.2, 0) is 4.74 Å². The summed E-state index contributed by atoms with van der Waals surface area (Å²) in [4.78, 5) is 22.9. The van der Waals surface area contributed by atoms with Crippen molar-refractivity contribution in [3.63, 3.8) is 0 Å². The van der Waals surface area contributed by atoms with Crippen LogP contribution in [-0.4, -0.2) is 42.7 Å². The topological polar surface area (TPSA) is 95.9 Å². The van der Waals surface area contributed by atoms with Gasteiger partial charge in [0.05, 0.1) is 19.2 Å².